The summed E-state index contributed by atoms with van der Waals surface area (Å²) in [6, 6.07) is 0.626. The molecule has 1 aliphatic heterocycles. The molecule has 0 spiro atoms. The Morgan fingerprint density at radius 3 is 2.83 bits per heavy atom. The summed E-state index contributed by atoms with van der Waals surface area (Å²) in [7, 11) is 0. The lowest BCUT2D eigenvalue weighted by Crippen LogP contribution is -2.39. The van der Waals surface area contributed by atoms with Crippen molar-refractivity contribution in [2.45, 2.75) is 50.4 Å². The van der Waals surface area contributed by atoms with Gasteiger partial charge in [0.25, 0.3) is 0 Å². The first-order chi connectivity index (χ1) is 11.3. The quantitative estimate of drug-likeness (QED) is 0.659. The first-order valence-corrected chi connectivity index (χ1v) is 9.96. The Kier molecular flexibility index (Phi) is 6.14. The molecule has 2 unspecified atom stereocenters. The third-order valence-electron chi connectivity index (χ3n) is 4.98. The highest BCUT2D eigenvalue weighted by Gasteiger charge is 2.22. The summed E-state index contributed by atoms with van der Waals surface area (Å²) < 4.78 is 5.48. The normalized spacial score (nSPS) is 25.6. The lowest BCUT2D eigenvalue weighted by molar-refractivity contribution is 0.122. The van der Waals surface area contributed by atoms with Gasteiger partial charge in [0.15, 0.2) is 5.16 Å². The molecule has 1 aromatic heterocycles. The summed E-state index contributed by atoms with van der Waals surface area (Å²) in [6.07, 6.45) is 9.39. The number of ether oxygens (including phenoxy) is 1. The predicted octanol–water partition coefficient (Wildman–Crippen LogP) is 2.70. The molecule has 128 valence electrons. The van der Waals surface area contributed by atoms with Crippen molar-refractivity contribution in [3.8, 4) is 0 Å². The van der Waals surface area contributed by atoms with E-state index in [9.17, 15) is 0 Å². The first-order valence-electron chi connectivity index (χ1n) is 8.74. The molecule has 0 radical (unpaired) electrons. The Labute approximate surface area is 143 Å². The minimum Gasteiger partial charge on any atom is -0.378 e. The minimum absolute atomic E-state index is 0.626. The molecule has 1 saturated carbocycles. The molecule has 3 rings (SSSR count). The van der Waals surface area contributed by atoms with Crippen LogP contribution in [-0.4, -0.2) is 48.6 Å². The standard InChI is InChI=1S/C17H28N4OS/c1-13-5-3-4-6-15(13)18-11-14-12-19-17(23-2)20-16(14)21-7-9-22-10-8-21/h12-13,15,18H,3-11H2,1-2H3. The summed E-state index contributed by atoms with van der Waals surface area (Å²) in [5.41, 5.74) is 1.21. The topological polar surface area (TPSA) is 50.3 Å². The van der Waals surface area contributed by atoms with Crippen LogP contribution < -0.4 is 10.2 Å². The predicted molar refractivity (Wildman–Crippen MR) is 95.1 cm³/mol. The molecule has 0 bridgehead atoms. The van der Waals surface area contributed by atoms with Gasteiger partial charge in [-0.2, -0.15) is 0 Å². The van der Waals surface area contributed by atoms with E-state index >= 15 is 0 Å². The number of morpholine rings is 1. The Morgan fingerprint density at radius 1 is 1.30 bits per heavy atom. The van der Waals surface area contributed by atoms with E-state index in [1.54, 1.807) is 11.8 Å². The van der Waals surface area contributed by atoms with Gasteiger partial charge in [0.2, 0.25) is 0 Å². The van der Waals surface area contributed by atoms with Crippen LogP contribution in [0.2, 0.25) is 0 Å². The Hall–Kier alpha value is -0.850. The van der Waals surface area contributed by atoms with Crippen molar-refractivity contribution in [3.63, 3.8) is 0 Å². The van der Waals surface area contributed by atoms with Gasteiger partial charge in [0, 0.05) is 37.4 Å². The molecule has 2 aliphatic rings. The van der Waals surface area contributed by atoms with E-state index in [2.05, 4.69) is 22.1 Å². The van der Waals surface area contributed by atoms with Crippen LogP contribution in [0.5, 0.6) is 0 Å². The Balaban J connectivity index is 1.71. The molecule has 0 amide bonds. The maximum atomic E-state index is 5.48. The van der Waals surface area contributed by atoms with Gasteiger partial charge in [-0.25, -0.2) is 9.97 Å². The van der Waals surface area contributed by atoms with Crippen LogP contribution in [0.15, 0.2) is 11.4 Å². The second kappa shape index (κ2) is 8.31. The van der Waals surface area contributed by atoms with Gasteiger partial charge < -0.3 is 15.0 Å². The van der Waals surface area contributed by atoms with E-state index in [0.29, 0.717) is 6.04 Å². The fourth-order valence-corrected chi connectivity index (χ4v) is 3.85. The average molecular weight is 337 g/mol. The number of rotatable bonds is 5. The average Bonchev–Trinajstić information content (AvgIpc) is 2.62. The van der Waals surface area contributed by atoms with Gasteiger partial charge in [-0.1, -0.05) is 31.5 Å². The number of anilines is 1. The number of hydrogen-bond acceptors (Lipinski definition) is 6. The van der Waals surface area contributed by atoms with Crippen molar-refractivity contribution in [1.82, 2.24) is 15.3 Å². The molecule has 1 N–H and O–H groups in total. The van der Waals surface area contributed by atoms with Crippen molar-refractivity contribution >= 4 is 17.6 Å². The molecular formula is C17H28N4OS. The SMILES string of the molecule is CSc1ncc(CNC2CCCCC2C)c(N2CCOCC2)n1. The molecule has 1 aromatic rings. The van der Waals surface area contributed by atoms with Crippen LogP contribution in [-0.2, 0) is 11.3 Å². The molecule has 1 aliphatic carbocycles. The van der Waals surface area contributed by atoms with E-state index in [0.717, 1.165) is 49.7 Å². The summed E-state index contributed by atoms with van der Waals surface area (Å²) in [6.45, 7) is 6.62. The first kappa shape index (κ1) is 17.0. The fraction of sp³-hybridized carbons (Fsp3) is 0.765. The lowest BCUT2D eigenvalue weighted by atomic mass is 9.86. The van der Waals surface area contributed by atoms with E-state index in [1.807, 2.05) is 12.5 Å². The number of nitrogens with zero attached hydrogens (tertiary/aromatic N) is 3. The third kappa shape index (κ3) is 4.37. The van der Waals surface area contributed by atoms with Crippen LogP contribution in [0, 0.1) is 5.92 Å². The van der Waals surface area contributed by atoms with Crippen molar-refractivity contribution in [3.05, 3.63) is 11.8 Å². The maximum Gasteiger partial charge on any atom is 0.189 e. The number of nitrogens with one attached hydrogen (secondary N) is 1. The van der Waals surface area contributed by atoms with Crippen molar-refractivity contribution in [1.29, 1.82) is 0 Å². The molecule has 5 nitrogen and oxygen atoms in total. The zero-order valence-electron chi connectivity index (χ0n) is 14.3. The number of hydrogen-bond donors (Lipinski definition) is 1. The molecular weight excluding hydrogens is 308 g/mol. The number of thioether (sulfide) groups is 1. The maximum absolute atomic E-state index is 5.48. The largest absolute Gasteiger partial charge is 0.378 e. The molecule has 6 heteroatoms. The second-order valence-corrected chi connectivity index (χ2v) is 7.33. The summed E-state index contributed by atoms with van der Waals surface area (Å²) in [5, 5.41) is 4.61. The van der Waals surface area contributed by atoms with Crippen molar-refractivity contribution in [2.24, 2.45) is 5.92 Å². The Bertz CT molecular complexity index is 507. The van der Waals surface area contributed by atoms with Crippen molar-refractivity contribution < 1.29 is 4.74 Å². The molecule has 2 fully saturated rings. The van der Waals surface area contributed by atoms with Crippen molar-refractivity contribution in [2.75, 3.05) is 37.5 Å². The van der Waals surface area contributed by atoms with Gasteiger partial charge in [-0.05, 0) is 25.0 Å². The zero-order valence-corrected chi connectivity index (χ0v) is 15.1. The summed E-state index contributed by atoms with van der Waals surface area (Å²) >= 11 is 1.60. The summed E-state index contributed by atoms with van der Waals surface area (Å²) in [5.74, 6) is 1.85. The van der Waals surface area contributed by atoms with Gasteiger partial charge >= 0.3 is 0 Å². The fourth-order valence-electron chi connectivity index (χ4n) is 3.51. The highest BCUT2D eigenvalue weighted by atomic mass is 32.2. The van der Waals surface area contributed by atoms with Gasteiger partial charge in [-0.15, -0.1) is 0 Å². The van der Waals surface area contributed by atoms with Crippen LogP contribution in [0.4, 0.5) is 5.82 Å². The van der Waals surface area contributed by atoms with Crippen LogP contribution in [0.1, 0.15) is 38.2 Å². The molecule has 0 aromatic carbocycles. The van der Waals surface area contributed by atoms with Crippen LogP contribution in [0.3, 0.4) is 0 Å². The van der Waals surface area contributed by atoms with Crippen LogP contribution in [0.25, 0.3) is 0 Å². The highest BCUT2D eigenvalue weighted by Crippen LogP contribution is 2.26. The van der Waals surface area contributed by atoms with Gasteiger partial charge in [-0.3, -0.25) is 0 Å². The second-order valence-electron chi connectivity index (χ2n) is 6.55. The molecule has 1 saturated heterocycles. The molecule has 23 heavy (non-hydrogen) atoms. The third-order valence-corrected chi connectivity index (χ3v) is 5.54. The minimum atomic E-state index is 0.626. The smallest absolute Gasteiger partial charge is 0.189 e. The highest BCUT2D eigenvalue weighted by molar-refractivity contribution is 7.98. The van der Waals surface area contributed by atoms with E-state index < -0.39 is 0 Å². The monoisotopic (exact) mass is 336 g/mol. The zero-order chi connectivity index (χ0) is 16.1. The molecule has 2 atom stereocenters. The van der Waals surface area contributed by atoms with Crippen LogP contribution >= 0.6 is 11.8 Å². The Morgan fingerprint density at radius 2 is 2.09 bits per heavy atom. The lowest BCUT2D eigenvalue weighted by Gasteiger charge is -2.32. The van der Waals surface area contributed by atoms with E-state index in [-0.39, 0.29) is 0 Å². The molecule has 2 heterocycles. The number of aromatic nitrogens is 2. The van der Waals surface area contributed by atoms with E-state index in [4.69, 9.17) is 9.72 Å². The van der Waals surface area contributed by atoms with Gasteiger partial charge in [0.05, 0.1) is 13.2 Å². The van der Waals surface area contributed by atoms with E-state index in [1.165, 1.54) is 31.2 Å². The van der Waals surface area contributed by atoms with Gasteiger partial charge in [0.1, 0.15) is 5.82 Å². The summed E-state index contributed by atoms with van der Waals surface area (Å²) in [4.78, 5) is 11.6.